The van der Waals surface area contributed by atoms with Gasteiger partial charge in [-0.25, -0.2) is 0 Å². The molecule has 5 heteroatoms. The van der Waals surface area contributed by atoms with Crippen LogP contribution in [0.1, 0.15) is 25.7 Å². The van der Waals surface area contributed by atoms with Crippen LogP contribution in [0.5, 0.6) is 0 Å². The van der Waals surface area contributed by atoms with Gasteiger partial charge >= 0.3 is 5.97 Å². The fourth-order valence-electron chi connectivity index (χ4n) is 1.26. The zero-order valence-corrected chi connectivity index (χ0v) is 9.32. The molecule has 0 saturated carbocycles. The molecule has 1 amide bonds. The summed E-state index contributed by atoms with van der Waals surface area (Å²) >= 11 is 0. The van der Waals surface area contributed by atoms with Crippen LogP contribution in [0.2, 0.25) is 0 Å². The third-order valence-electron chi connectivity index (χ3n) is 2.06. The van der Waals surface area contributed by atoms with Crippen LogP contribution >= 0.6 is 0 Å². The van der Waals surface area contributed by atoms with Crippen LogP contribution in [0.15, 0.2) is 0 Å². The van der Waals surface area contributed by atoms with E-state index >= 15 is 0 Å². The summed E-state index contributed by atoms with van der Waals surface area (Å²) in [5, 5.41) is 8.59. The number of hydrogen-bond donors (Lipinski definition) is 2. The molecule has 0 aromatic heterocycles. The van der Waals surface area contributed by atoms with Gasteiger partial charge in [-0.05, 0) is 19.4 Å². The molecule has 5 nitrogen and oxygen atoms in total. The molecule has 0 unspecified atom stereocenters. The van der Waals surface area contributed by atoms with E-state index in [9.17, 15) is 9.59 Å². The summed E-state index contributed by atoms with van der Waals surface area (Å²) in [5.41, 5.74) is 5.32. The first-order valence-corrected chi connectivity index (χ1v) is 5.25. The van der Waals surface area contributed by atoms with Gasteiger partial charge in [-0.1, -0.05) is 12.3 Å². The number of carboxylic acids is 1. The van der Waals surface area contributed by atoms with Gasteiger partial charge < -0.3 is 15.7 Å². The number of terminal acetylenes is 1. The molecule has 0 aliphatic carbocycles. The van der Waals surface area contributed by atoms with E-state index in [-0.39, 0.29) is 19.0 Å². The minimum Gasteiger partial charge on any atom is -0.480 e. The van der Waals surface area contributed by atoms with Crippen LogP contribution in [-0.4, -0.2) is 41.5 Å². The maximum atomic E-state index is 11.6. The fraction of sp³-hybridized carbons (Fsp3) is 0.636. The lowest BCUT2D eigenvalue weighted by Gasteiger charge is -2.17. The first-order chi connectivity index (χ1) is 7.61. The van der Waals surface area contributed by atoms with Gasteiger partial charge in [0.2, 0.25) is 5.91 Å². The molecule has 0 spiro atoms. The Hall–Kier alpha value is -1.54. The van der Waals surface area contributed by atoms with Gasteiger partial charge in [0.1, 0.15) is 6.54 Å². The standard InChI is InChI=1S/C11H18N2O3/c1-2-8-13(9-11(15)16)10(14)6-4-3-5-7-12/h1H,3-9,12H2,(H,15,16). The van der Waals surface area contributed by atoms with Crippen molar-refractivity contribution in [2.45, 2.75) is 25.7 Å². The van der Waals surface area contributed by atoms with Gasteiger partial charge in [-0.2, -0.15) is 0 Å². The Labute approximate surface area is 95.6 Å². The summed E-state index contributed by atoms with van der Waals surface area (Å²) < 4.78 is 0. The van der Waals surface area contributed by atoms with Crippen LogP contribution in [0.3, 0.4) is 0 Å². The average molecular weight is 226 g/mol. The second kappa shape index (κ2) is 8.74. The third kappa shape index (κ3) is 6.85. The van der Waals surface area contributed by atoms with Crippen molar-refractivity contribution < 1.29 is 14.7 Å². The average Bonchev–Trinajstić information content (AvgIpc) is 2.23. The summed E-state index contributed by atoms with van der Waals surface area (Å²) in [6, 6.07) is 0. The quantitative estimate of drug-likeness (QED) is 0.452. The Balaban J connectivity index is 3.97. The summed E-state index contributed by atoms with van der Waals surface area (Å²) in [7, 11) is 0. The van der Waals surface area contributed by atoms with Crippen LogP contribution in [0, 0.1) is 12.3 Å². The predicted octanol–water partition coefficient (Wildman–Crippen LogP) is 0.0519. The Bertz CT molecular complexity index is 271. The van der Waals surface area contributed by atoms with Crippen molar-refractivity contribution in [1.29, 1.82) is 0 Å². The molecule has 0 bridgehead atoms. The Kier molecular flexibility index (Phi) is 7.90. The number of amides is 1. The highest BCUT2D eigenvalue weighted by Crippen LogP contribution is 2.02. The van der Waals surface area contributed by atoms with Gasteiger partial charge in [0.05, 0.1) is 6.54 Å². The number of nitrogens with zero attached hydrogens (tertiary/aromatic N) is 1. The largest absolute Gasteiger partial charge is 0.480 e. The van der Waals surface area contributed by atoms with Gasteiger partial charge in [0.25, 0.3) is 0 Å². The molecule has 0 aromatic rings. The van der Waals surface area contributed by atoms with Gasteiger partial charge in [-0.15, -0.1) is 6.42 Å². The number of nitrogens with two attached hydrogens (primary N) is 1. The first-order valence-electron chi connectivity index (χ1n) is 5.25. The number of carboxylic acid groups (broad SMARTS) is 1. The Morgan fingerprint density at radius 1 is 1.31 bits per heavy atom. The zero-order chi connectivity index (χ0) is 12.4. The van der Waals surface area contributed by atoms with E-state index < -0.39 is 5.97 Å². The van der Waals surface area contributed by atoms with E-state index in [4.69, 9.17) is 17.3 Å². The zero-order valence-electron chi connectivity index (χ0n) is 9.32. The van der Waals surface area contributed by atoms with Gasteiger partial charge in [0, 0.05) is 6.42 Å². The molecule has 0 atom stereocenters. The predicted molar refractivity (Wildman–Crippen MR) is 60.6 cm³/mol. The molecule has 0 aliphatic rings. The van der Waals surface area contributed by atoms with Crippen molar-refractivity contribution in [3.8, 4) is 12.3 Å². The molecule has 16 heavy (non-hydrogen) atoms. The lowest BCUT2D eigenvalue weighted by atomic mass is 10.2. The number of carbonyl (C=O) groups excluding carboxylic acids is 1. The molecular weight excluding hydrogens is 208 g/mol. The lowest BCUT2D eigenvalue weighted by molar-refractivity contribution is -0.144. The van der Waals surface area contributed by atoms with Gasteiger partial charge in [-0.3, -0.25) is 9.59 Å². The SMILES string of the molecule is C#CCN(CC(=O)O)C(=O)CCCCCN. The van der Waals surface area contributed by atoms with E-state index in [1.54, 1.807) is 0 Å². The summed E-state index contributed by atoms with van der Waals surface area (Å²) in [6.45, 7) is 0.319. The van der Waals surface area contributed by atoms with Crippen molar-refractivity contribution in [3.63, 3.8) is 0 Å². The Morgan fingerprint density at radius 3 is 2.50 bits per heavy atom. The summed E-state index contributed by atoms with van der Waals surface area (Å²) in [4.78, 5) is 23.2. The van der Waals surface area contributed by atoms with E-state index in [2.05, 4.69) is 5.92 Å². The molecule has 90 valence electrons. The van der Waals surface area contributed by atoms with Crippen LogP contribution < -0.4 is 5.73 Å². The van der Waals surface area contributed by atoms with Crippen molar-refractivity contribution in [2.75, 3.05) is 19.6 Å². The second-order valence-corrected chi connectivity index (χ2v) is 3.45. The number of unbranched alkanes of at least 4 members (excludes halogenated alkanes) is 2. The van der Waals surface area contributed by atoms with Crippen LogP contribution in [-0.2, 0) is 9.59 Å². The molecule has 3 N–H and O–H groups in total. The number of carbonyl (C=O) groups is 2. The number of aliphatic carboxylic acids is 1. The first kappa shape index (κ1) is 14.5. The van der Waals surface area contributed by atoms with Crippen LogP contribution in [0.4, 0.5) is 0 Å². The monoisotopic (exact) mass is 226 g/mol. The maximum Gasteiger partial charge on any atom is 0.323 e. The highest BCUT2D eigenvalue weighted by atomic mass is 16.4. The second-order valence-electron chi connectivity index (χ2n) is 3.45. The lowest BCUT2D eigenvalue weighted by Crippen LogP contribution is -2.35. The highest BCUT2D eigenvalue weighted by Gasteiger charge is 2.14. The summed E-state index contributed by atoms with van der Waals surface area (Å²) in [5.74, 6) is 1.02. The molecular formula is C11H18N2O3. The number of rotatable bonds is 8. The van der Waals surface area contributed by atoms with E-state index in [0.717, 1.165) is 19.3 Å². The maximum absolute atomic E-state index is 11.6. The van der Waals surface area contributed by atoms with Crippen molar-refractivity contribution in [3.05, 3.63) is 0 Å². The fourth-order valence-corrected chi connectivity index (χ4v) is 1.26. The summed E-state index contributed by atoms with van der Waals surface area (Å²) in [6.07, 6.45) is 7.86. The van der Waals surface area contributed by atoms with Crippen molar-refractivity contribution in [1.82, 2.24) is 4.90 Å². The molecule has 0 radical (unpaired) electrons. The minimum atomic E-state index is -1.05. The van der Waals surface area contributed by atoms with Crippen molar-refractivity contribution in [2.24, 2.45) is 5.73 Å². The topological polar surface area (TPSA) is 83.6 Å². The highest BCUT2D eigenvalue weighted by molar-refractivity contribution is 5.81. The van der Waals surface area contributed by atoms with Crippen LogP contribution in [0.25, 0.3) is 0 Å². The Morgan fingerprint density at radius 2 is 2.00 bits per heavy atom. The minimum absolute atomic E-state index is 0.0437. The molecule has 0 aromatic carbocycles. The van der Waals surface area contributed by atoms with Crippen molar-refractivity contribution >= 4 is 11.9 Å². The van der Waals surface area contributed by atoms with E-state index in [0.29, 0.717) is 13.0 Å². The van der Waals surface area contributed by atoms with E-state index in [1.807, 2.05) is 0 Å². The molecule has 0 fully saturated rings. The smallest absolute Gasteiger partial charge is 0.323 e. The molecule has 0 rings (SSSR count). The molecule has 0 aliphatic heterocycles. The third-order valence-corrected chi connectivity index (χ3v) is 2.06. The van der Waals surface area contributed by atoms with Gasteiger partial charge in [0.15, 0.2) is 0 Å². The molecule has 0 saturated heterocycles. The van der Waals surface area contributed by atoms with E-state index in [1.165, 1.54) is 4.90 Å². The normalized spacial score (nSPS) is 9.50. The number of hydrogen-bond acceptors (Lipinski definition) is 3. The molecule has 0 heterocycles.